The molecule has 0 rings (SSSR count). The molecule has 5 nitrogen and oxygen atoms in total. The van der Waals surface area contributed by atoms with E-state index in [4.69, 9.17) is 10.2 Å². The van der Waals surface area contributed by atoms with Crippen molar-refractivity contribution in [3.63, 3.8) is 0 Å². The molecular formula is C20H42NO4+. The zero-order valence-electron chi connectivity index (χ0n) is 17.1. The molecule has 0 saturated carbocycles. The SMILES string of the molecule is CCCC[N+](CCCC)(CCCC)CCCC.O=C(O)CCC(=O)O. The second-order valence-corrected chi connectivity index (χ2v) is 6.94. The predicted octanol–water partition coefficient (Wildman–Crippen LogP) is 4.94. The molecule has 0 aliphatic heterocycles. The van der Waals surface area contributed by atoms with E-state index in [0.717, 1.165) is 0 Å². The van der Waals surface area contributed by atoms with Gasteiger partial charge in [-0.15, -0.1) is 0 Å². The van der Waals surface area contributed by atoms with Crippen molar-refractivity contribution in [1.82, 2.24) is 0 Å². The van der Waals surface area contributed by atoms with E-state index in [1.165, 1.54) is 82.0 Å². The van der Waals surface area contributed by atoms with E-state index in [1.807, 2.05) is 0 Å². The van der Waals surface area contributed by atoms with E-state index in [0.29, 0.717) is 0 Å². The van der Waals surface area contributed by atoms with Crippen molar-refractivity contribution < 1.29 is 24.3 Å². The molecule has 0 unspecified atom stereocenters. The zero-order valence-corrected chi connectivity index (χ0v) is 17.1. The summed E-state index contributed by atoms with van der Waals surface area (Å²) in [5, 5.41) is 15.8. The molecule has 25 heavy (non-hydrogen) atoms. The smallest absolute Gasteiger partial charge is 0.303 e. The van der Waals surface area contributed by atoms with Gasteiger partial charge in [0.25, 0.3) is 0 Å². The average molecular weight is 361 g/mol. The Labute approximate surface area is 155 Å². The van der Waals surface area contributed by atoms with Gasteiger partial charge in [0.05, 0.1) is 39.0 Å². The highest BCUT2D eigenvalue weighted by atomic mass is 16.4. The fourth-order valence-electron chi connectivity index (χ4n) is 2.86. The summed E-state index contributed by atoms with van der Waals surface area (Å²) in [4.78, 5) is 19.3. The summed E-state index contributed by atoms with van der Waals surface area (Å²) in [6.07, 6.45) is 10.5. The first-order valence-corrected chi connectivity index (χ1v) is 10.2. The highest BCUT2D eigenvalue weighted by Crippen LogP contribution is 2.16. The van der Waals surface area contributed by atoms with Gasteiger partial charge in [0.15, 0.2) is 0 Å². The minimum absolute atomic E-state index is 0.296. The monoisotopic (exact) mass is 360 g/mol. The summed E-state index contributed by atoms with van der Waals surface area (Å²) >= 11 is 0. The van der Waals surface area contributed by atoms with E-state index in [1.54, 1.807) is 0 Å². The third-order valence-corrected chi connectivity index (χ3v) is 4.50. The third-order valence-electron chi connectivity index (χ3n) is 4.50. The summed E-state index contributed by atoms with van der Waals surface area (Å²) in [7, 11) is 0. The number of rotatable bonds is 15. The van der Waals surface area contributed by atoms with Crippen molar-refractivity contribution in [2.75, 3.05) is 26.2 Å². The number of hydrogen-bond acceptors (Lipinski definition) is 2. The molecule has 0 saturated heterocycles. The quantitative estimate of drug-likeness (QED) is 0.406. The molecule has 0 atom stereocenters. The van der Waals surface area contributed by atoms with E-state index in [-0.39, 0.29) is 12.8 Å². The first kappa shape index (κ1) is 26.1. The van der Waals surface area contributed by atoms with E-state index < -0.39 is 11.9 Å². The Bertz CT molecular complexity index is 280. The van der Waals surface area contributed by atoms with Crippen LogP contribution in [0.15, 0.2) is 0 Å². The minimum atomic E-state index is -1.08. The second-order valence-electron chi connectivity index (χ2n) is 6.94. The minimum Gasteiger partial charge on any atom is -0.481 e. The van der Waals surface area contributed by atoms with Gasteiger partial charge < -0.3 is 14.7 Å². The largest absolute Gasteiger partial charge is 0.481 e. The normalized spacial score (nSPS) is 10.9. The topological polar surface area (TPSA) is 74.6 Å². The molecule has 0 aromatic rings. The van der Waals surface area contributed by atoms with Crippen LogP contribution in [0.2, 0.25) is 0 Å². The van der Waals surface area contributed by atoms with Crippen LogP contribution in [0.3, 0.4) is 0 Å². The molecule has 0 fully saturated rings. The van der Waals surface area contributed by atoms with Gasteiger partial charge in [0.2, 0.25) is 0 Å². The summed E-state index contributed by atoms with van der Waals surface area (Å²) in [6.45, 7) is 15.0. The summed E-state index contributed by atoms with van der Waals surface area (Å²) < 4.78 is 1.42. The highest BCUT2D eigenvalue weighted by molar-refractivity contribution is 5.75. The first-order valence-electron chi connectivity index (χ1n) is 10.2. The Balaban J connectivity index is 0. The fourth-order valence-corrected chi connectivity index (χ4v) is 2.86. The van der Waals surface area contributed by atoms with Crippen LogP contribution in [0.4, 0.5) is 0 Å². The summed E-state index contributed by atoms with van der Waals surface area (Å²) in [5.41, 5.74) is 0. The molecule has 0 aromatic heterocycles. The third kappa shape index (κ3) is 17.5. The Hall–Kier alpha value is -1.10. The lowest BCUT2D eigenvalue weighted by Crippen LogP contribution is -2.50. The lowest BCUT2D eigenvalue weighted by atomic mass is 10.1. The van der Waals surface area contributed by atoms with Gasteiger partial charge >= 0.3 is 11.9 Å². The zero-order chi connectivity index (χ0) is 19.6. The Kier molecular flexibility index (Phi) is 18.5. The number of hydrogen-bond donors (Lipinski definition) is 2. The number of unbranched alkanes of at least 4 members (excludes halogenated alkanes) is 4. The fraction of sp³-hybridized carbons (Fsp3) is 0.900. The van der Waals surface area contributed by atoms with Gasteiger partial charge in [0, 0.05) is 0 Å². The second kappa shape index (κ2) is 17.7. The van der Waals surface area contributed by atoms with Crippen LogP contribution < -0.4 is 0 Å². The average Bonchev–Trinajstić information content (AvgIpc) is 2.59. The summed E-state index contributed by atoms with van der Waals surface area (Å²) in [5.74, 6) is -2.15. The number of nitrogens with zero attached hydrogens (tertiary/aromatic N) is 1. The molecule has 150 valence electrons. The van der Waals surface area contributed by atoms with E-state index in [2.05, 4.69) is 27.7 Å². The molecule has 2 N–H and O–H groups in total. The Morgan fingerprint density at radius 3 is 1.00 bits per heavy atom. The maximum absolute atomic E-state index is 9.64. The molecule has 0 bridgehead atoms. The maximum Gasteiger partial charge on any atom is 0.303 e. The lowest BCUT2D eigenvalue weighted by molar-refractivity contribution is -0.929. The number of aliphatic carboxylic acids is 2. The van der Waals surface area contributed by atoms with Crippen molar-refractivity contribution in [1.29, 1.82) is 0 Å². The van der Waals surface area contributed by atoms with Crippen LogP contribution >= 0.6 is 0 Å². The first-order chi connectivity index (χ1) is 11.9. The maximum atomic E-state index is 9.64. The van der Waals surface area contributed by atoms with Gasteiger partial charge in [-0.05, 0) is 25.7 Å². The number of quaternary nitrogens is 1. The van der Waals surface area contributed by atoms with E-state index in [9.17, 15) is 9.59 Å². The van der Waals surface area contributed by atoms with Crippen LogP contribution in [0.5, 0.6) is 0 Å². The number of carboxylic acids is 2. The molecule has 5 heteroatoms. The van der Waals surface area contributed by atoms with Gasteiger partial charge in [-0.1, -0.05) is 53.4 Å². The molecule has 0 aliphatic rings. The molecule has 0 spiro atoms. The van der Waals surface area contributed by atoms with Crippen LogP contribution in [0, 0.1) is 0 Å². The molecule has 0 aromatic carbocycles. The predicted molar refractivity (Wildman–Crippen MR) is 104 cm³/mol. The standard InChI is InChI=1S/C16H36N.C4H6O4/c1-5-9-13-17(14-10-6-2,15-11-7-3)16-12-8-4;5-3(6)1-2-4(7)8/h5-16H2,1-4H3;1-2H2,(H,5,6)(H,7,8)/q+1;. The van der Waals surface area contributed by atoms with Gasteiger partial charge in [-0.3, -0.25) is 9.59 Å². The molecular weight excluding hydrogens is 318 g/mol. The van der Waals surface area contributed by atoms with Crippen molar-refractivity contribution in [2.45, 2.75) is 91.9 Å². The Morgan fingerprint density at radius 1 is 0.600 bits per heavy atom. The molecule has 0 amide bonds. The van der Waals surface area contributed by atoms with Gasteiger partial charge in [-0.25, -0.2) is 0 Å². The van der Waals surface area contributed by atoms with Crippen LogP contribution in [0.25, 0.3) is 0 Å². The van der Waals surface area contributed by atoms with Crippen molar-refractivity contribution >= 4 is 11.9 Å². The van der Waals surface area contributed by atoms with Crippen LogP contribution in [-0.4, -0.2) is 52.8 Å². The number of carbonyl (C=O) groups is 2. The molecule has 0 aliphatic carbocycles. The molecule has 0 heterocycles. The molecule has 0 radical (unpaired) electrons. The van der Waals surface area contributed by atoms with Crippen LogP contribution in [0.1, 0.15) is 91.9 Å². The Morgan fingerprint density at radius 2 is 0.840 bits per heavy atom. The summed E-state index contributed by atoms with van der Waals surface area (Å²) in [6, 6.07) is 0. The lowest BCUT2D eigenvalue weighted by Gasteiger charge is -2.39. The van der Waals surface area contributed by atoms with E-state index >= 15 is 0 Å². The van der Waals surface area contributed by atoms with Crippen LogP contribution in [-0.2, 0) is 9.59 Å². The highest BCUT2D eigenvalue weighted by Gasteiger charge is 2.24. The van der Waals surface area contributed by atoms with Crippen molar-refractivity contribution in [3.8, 4) is 0 Å². The van der Waals surface area contributed by atoms with Gasteiger partial charge in [0.1, 0.15) is 0 Å². The van der Waals surface area contributed by atoms with Crippen molar-refractivity contribution in [2.24, 2.45) is 0 Å². The van der Waals surface area contributed by atoms with Gasteiger partial charge in [-0.2, -0.15) is 0 Å². The van der Waals surface area contributed by atoms with Crippen molar-refractivity contribution in [3.05, 3.63) is 0 Å². The number of carboxylic acid groups (broad SMARTS) is 2.